The van der Waals surface area contributed by atoms with Gasteiger partial charge in [-0.3, -0.25) is 0 Å². The zero-order valence-electron chi connectivity index (χ0n) is 18.1. The third kappa shape index (κ3) is 5.93. The molecular formula is C25H29BrN2O2S. The molecule has 0 spiro atoms. The van der Waals surface area contributed by atoms with Gasteiger partial charge in [0, 0.05) is 29.9 Å². The van der Waals surface area contributed by atoms with Crippen LogP contribution in [0.15, 0.2) is 58.0 Å². The Balaban J connectivity index is 1.84. The summed E-state index contributed by atoms with van der Waals surface area (Å²) in [4.78, 5) is 3.59. The van der Waals surface area contributed by atoms with Crippen LogP contribution in [0.2, 0.25) is 0 Å². The number of nitrogens with one attached hydrogen (secondary N) is 1. The van der Waals surface area contributed by atoms with Gasteiger partial charge in [-0.15, -0.1) is 0 Å². The van der Waals surface area contributed by atoms with Crippen molar-refractivity contribution in [3.8, 4) is 12.0 Å². The van der Waals surface area contributed by atoms with Gasteiger partial charge in [-0.05, 0) is 59.5 Å². The smallest absolute Gasteiger partial charge is 0.270 e. The summed E-state index contributed by atoms with van der Waals surface area (Å²) in [7, 11) is -3.70. The van der Waals surface area contributed by atoms with Crippen molar-refractivity contribution in [2.75, 3.05) is 6.54 Å². The predicted molar refractivity (Wildman–Crippen MR) is 131 cm³/mol. The molecule has 0 amide bonds. The van der Waals surface area contributed by atoms with Crippen molar-refractivity contribution in [1.29, 1.82) is 0 Å². The molecule has 1 N–H and O–H groups in total. The summed E-state index contributed by atoms with van der Waals surface area (Å²) in [5, 5.41) is 1.09. The molecule has 6 heteroatoms. The first-order valence-electron chi connectivity index (χ1n) is 10.8. The minimum Gasteiger partial charge on any atom is -0.349 e. The van der Waals surface area contributed by atoms with E-state index in [4.69, 9.17) is 0 Å². The van der Waals surface area contributed by atoms with Gasteiger partial charge in [0.05, 0.1) is 9.50 Å². The zero-order chi connectivity index (χ0) is 22.3. The number of nitrogens with zero attached hydrogens (tertiary/aromatic N) is 1. The molecule has 1 heterocycles. The van der Waals surface area contributed by atoms with Crippen molar-refractivity contribution in [2.24, 2.45) is 0 Å². The Morgan fingerprint density at radius 1 is 1.03 bits per heavy atom. The molecule has 3 aromatic rings. The number of aryl methyl sites for hydroxylation is 1. The van der Waals surface area contributed by atoms with Gasteiger partial charge in [0.25, 0.3) is 10.0 Å². The highest BCUT2D eigenvalue weighted by molar-refractivity contribution is 9.10. The minimum absolute atomic E-state index is 0.274. The lowest BCUT2D eigenvalue weighted by Crippen LogP contribution is -2.28. The lowest BCUT2D eigenvalue weighted by atomic mass is 10.1. The maximum atomic E-state index is 13.3. The van der Waals surface area contributed by atoms with Crippen molar-refractivity contribution in [3.63, 3.8) is 0 Å². The summed E-state index contributed by atoms with van der Waals surface area (Å²) in [6.07, 6.45) is 5.73. The van der Waals surface area contributed by atoms with Gasteiger partial charge < -0.3 is 4.98 Å². The molecule has 164 valence electrons. The first-order chi connectivity index (χ1) is 14.9. The standard InChI is InChI=1S/C25H29BrN2O2S/c1-3-4-5-6-7-10-18-28(31(29,30)21-15-13-20(2)14-16-21)19-17-23-22-11-8-9-12-24(22)27-25(23)26/h8-9,11-16,27H,3-7,17,19H2,1-2H3. The normalized spacial score (nSPS) is 11.3. The quantitative estimate of drug-likeness (QED) is 0.210. The molecule has 0 aliphatic heterocycles. The summed E-state index contributed by atoms with van der Waals surface area (Å²) < 4.78 is 28.8. The largest absolute Gasteiger partial charge is 0.349 e. The van der Waals surface area contributed by atoms with Crippen LogP contribution in [0.5, 0.6) is 0 Å². The third-order valence-corrected chi connectivity index (χ3v) is 7.69. The number of hydrogen-bond acceptors (Lipinski definition) is 2. The van der Waals surface area contributed by atoms with Crippen LogP contribution in [-0.4, -0.2) is 24.3 Å². The molecule has 0 saturated heterocycles. The highest BCUT2D eigenvalue weighted by atomic mass is 79.9. The molecule has 0 aliphatic carbocycles. The Bertz CT molecular complexity index is 1170. The molecule has 2 aromatic carbocycles. The fourth-order valence-corrected chi connectivity index (χ4v) is 5.36. The molecular weight excluding hydrogens is 472 g/mol. The van der Waals surface area contributed by atoms with Gasteiger partial charge in [-0.25, -0.2) is 12.7 Å². The summed E-state index contributed by atoms with van der Waals surface area (Å²) in [6, 6.07) is 17.9. The lowest BCUT2D eigenvalue weighted by Gasteiger charge is -2.18. The van der Waals surface area contributed by atoms with Crippen molar-refractivity contribution >= 4 is 36.9 Å². The molecule has 0 radical (unpaired) electrons. The fraction of sp³-hybridized carbons (Fsp3) is 0.360. The number of aromatic nitrogens is 1. The number of rotatable bonds is 9. The SMILES string of the molecule is CCCCCCC#CN(CCc1c(Br)[nH]c2ccccc12)S(=O)(=O)c1ccc(C)cc1. The van der Waals surface area contributed by atoms with E-state index in [0.717, 1.165) is 39.5 Å². The topological polar surface area (TPSA) is 53.2 Å². The predicted octanol–water partition coefficient (Wildman–Crippen LogP) is 6.40. The number of aromatic amines is 1. The van der Waals surface area contributed by atoms with Crippen LogP contribution in [-0.2, 0) is 16.4 Å². The van der Waals surface area contributed by atoms with Gasteiger partial charge in [-0.2, -0.15) is 0 Å². The lowest BCUT2D eigenvalue weighted by molar-refractivity contribution is 0.512. The van der Waals surface area contributed by atoms with E-state index < -0.39 is 10.0 Å². The number of para-hydroxylation sites is 1. The van der Waals surface area contributed by atoms with Crippen molar-refractivity contribution in [1.82, 2.24) is 9.29 Å². The molecule has 1 aromatic heterocycles. The summed E-state index contributed by atoms with van der Waals surface area (Å²) in [5.41, 5.74) is 3.11. The Hall–Kier alpha value is -2.23. The maximum absolute atomic E-state index is 13.3. The molecule has 3 rings (SSSR count). The van der Waals surface area contributed by atoms with Gasteiger partial charge in [0.15, 0.2) is 0 Å². The number of unbranched alkanes of at least 4 members (excludes halogenated alkanes) is 4. The molecule has 0 bridgehead atoms. The number of H-pyrrole nitrogens is 1. The van der Waals surface area contributed by atoms with E-state index >= 15 is 0 Å². The van der Waals surface area contributed by atoms with Crippen LogP contribution >= 0.6 is 15.9 Å². The summed E-state index contributed by atoms with van der Waals surface area (Å²) >= 11 is 3.59. The van der Waals surface area contributed by atoms with E-state index in [0.29, 0.717) is 19.4 Å². The number of halogens is 1. The number of fused-ring (bicyclic) bond motifs is 1. The van der Waals surface area contributed by atoms with Crippen LogP contribution < -0.4 is 0 Å². The molecule has 4 nitrogen and oxygen atoms in total. The number of sulfonamides is 1. The van der Waals surface area contributed by atoms with E-state index in [2.05, 4.69) is 39.8 Å². The molecule has 0 aliphatic rings. The second-order valence-electron chi connectivity index (χ2n) is 7.70. The Labute approximate surface area is 194 Å². The third-order valence-electron chi connectivity index (χ3n) is 5.29. The average Bonchev–Trinajstić information content (AvgIpc) is 3.08. The Morgan fingerprint density at radius 3 is 2.52 bits per heavy atom. The highest BCUT2D eigenvalue weighted by Crippen LogP contribution is 2.27. The van der Waals surface area contributed by atoms with E-state index in [9.17, 15) is 8.42 Å². The second kappa shape index (κ2) is 10.9. The van der Waals surface area contributed by atoms with Crippen molar-refractivity contribution < 1.29 is 8.42 Å². The van der Waals surface area contributed by atoms with Gasteiger partial charge in [0.2, 0.25) is 0 Å². The Kier molecular flexibility index (Phi) is 8.22. The van der Waals surface area contributed by atoms with Crippen LogP contribution in [0.1, 0.15) is 50.2 Å². The first kappa shape index (κ1) is 23.4. The van der Waals surface area contributed by atoms with E-state index in [1.54, 1.807) is 12.1 Å². The van der Waals surface area contributed by atoms with Gasteiger partial charge in [0.1, 0.15) is 0 Å². The van der Waals surface area contributed by atoms with Gasteiger partial charge in [-0.1, -0.05) is 68.0 Å². The van der Waals surface area contributed by atoms with Crippen LogP contribution in [0.3, 0.4) is 0 Å². The Morgan fingerprint density at radius 2 is 1.77 bits per heavy atom. The van der Waals surface area contributed by atoms with E-state index in [1.165, 1.54) is 17.1 Å². The van der Waals surface area contributed by atoms with Crippen LogP contribution in [0.25, 0.3) is 10.9 Å². The summed E-state index contributed by atoms with van der Waals surface area (Å²) in [6.45, 7) is 4.40. The van der Waals surface area contributed by atoms with E-state index in [-0.39, 0.29) is 4.90 Å². The molecule has 0 saturated carbocycles. The average molecular weight is 501 g/mol. The minimum atomic E-state index is -3.70. The number of benzene rings is 2. The van der Waals surface area contributed by atoms with Gasteiger partial charge >= 0.3 is 0 Å². The van der Waals surface area contributed by atoms with Crippen molar-refractivity contribution in [3.05, 3.63) is 64.3 Å². The number of hydrogen-bond donors (Lipinski definition) is 1. The van der Waals surface area contributed by atoms with E-state index in [1.807, 2.05) is 43.3 Å². The monoisotopic (exact) mass is 500 g/mol. The summed E-state index contributed by atoms with van der Waals surface area (Å²) in [5.74, 6) is 3.09. The molecule has 0 unspecified atom stereocenters. The maximum Gasteiger partial charge on any atom is 0.270 e. The molecule has 31 heavy (non-hydrogen) atoms. The zero-order valence-corrected chi connectivity index (χ0v) is 20.5. The highest BCUT2D eigenvalue weighted by Gasteiger charge is 2.23. The van der Waals surface area contributed by atoms with Crippen LogP contribution in [0.4, 0.5) is 0 Å². The van der Waals surface area contributed by atoms with Crippen LogP contribution in [0, 0.1) is 18.9 Å². The fourth-order valence-electron chi connectivity index (χ4n) is 3.48. The van der Waals surface area contributed by atoms with Crippen molar-refractivity contribution in [2.45, 2.75) is 57.3 Å². The second-order valence-corrected chi connectivity index (χ2v) is 10.4. The molecule has 0 fully saturated rings. The molecule has 0 atom stereocenters. The first-order valence-corrected chi connectivity index (χ1v) is 13.0.